The zero-order chi connectivity index (χ0) is 29.3. The molecule has 8 aromatic rings. The zero-order valence-electron chi connectivity index (χ0n) is 24.1. The number of rotatable bonds is 5. The smallest absolute Gasteiger partial charge is 0.160 e. The van der Waals surface area contributed by atoms with Crippen molar-refractivity contribution >= 4 is 21.5 Å². The van der Waals surface area contributed by atoms with Crippen molar-refractivity contribution in [3.63, 3.8) is 0 Å². The molecule has 7 aromatic carbocycles. The zero-order valence-corrected chi connectivity index (χ0v) is 24.1. The lowest BCUT2D eigenvalue weighted by Crippen LogP contribution is -1.96. The third-order valence-corrected chi connectivity index (χ3v) is 8.27. The van der Waals surface area contributed by atoms with Gasteiger partial charge in [0.2, 0.25) is 0 Å². The SMILES string of the molecule is c1ccc(-c2cc(-c3cccc(-c4c5ccccc5c(-c5ccccc5)c5ccccc45)c3)nc(-c3ccccc3)n2)cc1. The Bertz CT molecular complexity index is 2140. The lowest BCUT2D eigenvalue weighted by atomic mass is 9.85. The van der Waals surface area contributed by atoms with E-state index in [1.807, 2.05) is 24.3 Å². The van der Waals surface area contributed by atoms with Crippen molar-refractivity contribution in [1.29, 1.82) is 0 Å². The molecular formula is C42H28N2. The molecule has 0 spiro atoms. The van der Waals surface area contributed by atoms with Gasteiger partial charge in [-0.05, 0) is 55.9 Å². The second-order valence-corrected chi connectivity index (χ2v) is 11.0. The van der Waals surface area contributed by atoms with Crippen LogP contribution in [0, 0.1) is 0 Å². The van der Waals surface area contributed by atoms with Gasteiger partial charge in [-0.25, -0.2) is 9.97 Å². The highest BCUT2D eigenvalue weighted by Crippen LogP contribution is 2.44. The molecule has 2 heteroatoms. The second-order valence-electron chi connectivity index (χ2n) is 11.0. The average molecular weight is 561 g/mol. The van der Waals surface area contributed by atoms with Crippen molar-refractivity contribution in [3.05, 3.63) is 170 Å². The molecule has 0 aliphatic carbocycles. The number of fused-ring (bicyclic) bond motifs is 2. The molecule has 0 saturated heterocycles. The summed E-state index contributed by atoms with van der Waals surface area (Å²) in [6, 6.07) is 59.7. The van der Waals surface area contributed by atoms with E-state index < -0.39 is 0 Å². The van der Waals surface area contributed by atoms with Crippen LogP contribution in [0.2, 0.25) is 0 Å². The predicted octanol–water partition coefficient (Wildman–Crippen LogP) is 11.1. The minimum absolute atomic E-state index is 0.718. The maximum Gasteiger partial charge on any atom is 0.160 e. The van der Waals surface area contributed by atoms with Crippen LogP contribution in [0.15, 0.2) is 170 Å². The lowest BCUT2D eigenvalue weighted by Gasteiger charge is -2.18. The first kappa shape index (κ1) is 25.8. The van der Waals surface area contributed by atoms with Crippen molar-refractivity contribution < 1.29 is 0 Å². The topological polar surface area (TPSA) is 25.8 Å². The van der Waals surface area contributed by atoms with Crippen molar-refractivity contribution in [2.75, 3.05) is 0 Å². The van der Waals surface area contributed by atoms with E-state index in [0.717, 1.165) is 39.5 Å². The molecule has 0 atom stereocenters. The molecule has 8 rings (SSSR count). The third-order valence-electron chi connectivity index (χ3n) is 8.27. The van der Waals surface area contributed by atoms with Gasteiger partial charge in [0, 0.05) is 16.7 Å². The van der Waals surface area contributed by atoms with Crippen LogP contribution in [0.4, 0.5) is 0 Å². The van der Waals surface area contributed by atoms with Crippen molar-refractivity contribution in [1.82, 2.24) is 9.97 Å². The Morgan fingerprint density at radius 1 is 0.273 bits per heavy atom. The van der Waals surface area contributed by atoms with Crippen LogP contribution < -0.4 is 0 Å². The third kappa shape index (κ3) is 4.63. The number of hydrogen-bond donors (Lipinski definition) is 0. The van der Waals surface area contributed by atoms with E-state index in [2.05, 4.69) is 146 Å². The number of nitrogens with zero attached hydrogens (tertiary/aromatic N) is 2. The van der Waals surface area contributed by atoms with Crippen LogP contribution >= 0.6 is 0 Å². The maximum absolute atomic E-state index is 5.10. The van der Waals surface area contributed by atoms with Gasteiger partial charge < -0.3 is 0 Å². The van der Waals surface area contributed by atoms with E-state index in [4.69, 9.17) is 9.97 Å². The Morgan fingerprint density at radius 2 is 0.659 bits per heavy atom. The fourth-order valence-corrected chi connectivity index (χ4v) is 6.26. The maximum atomic E-state index is 5.10. The highest BCUT2D eigenvalue weighted by atomic mass is 14.9. The van der Waals surface area contributed by atoms with Crippen LogP contribution in [0.1, 0.15) is 0 Å². The molecule has 0 aliphatic rings. The van der Waals surface area contributed by atoms with Gasteiger partial charge in [0.1, 0.15) is 0 Å². The van der Waals surface area contributed by atoms with E-state index in [0.29, 0.717) is 0 Å². The molecule has 0 fully saturated rings. The van der Waals surface area contributed by atoms with E-state index in [1.165, 1.54) is 38.2 Å². The van der Waals surface area contributed by atoms with Gasteiger partial charge in [0.25, 0.3) is 0 Å². The summed E-state index contributed by atoms with van der Waals surface area (Å²) in [6.45, 7) is 0. The summed E-state index contributed by atoms with van der Waals surface area (Å²) in [7, 11) is 0. The van der Waals surface area contributed by atoms with Gasteiger partial charge in [-0.2, -0.15) is 0 Å². The molecule has 0 saturated carbocycles. The first-order valence-corrected chi connectivity index (χ1v) is 14.9. The van der Waals surface area contributed by atoms with E-state index in [-0.39, 0.29) is 0 Å². The summed E-state index contributed by atoms with van der Waals surface area (Å²) in [5.74, 6) is 0.718. The van der Waals surface area contributed by atoms with Gasteiger partial charge in [-0.3, -0.25) is 0 Å². The van der Waals surface area contributed by atoms with E-state index in [1.54, 1.807) is 0 Å². The Morgan fingerprint density at radius 3 is 1.20 bits per heavy atom. The van der Waals surface area contributed by atoms with E-state index in [9.17, 15) is 0 Å². The number of hydrogen-bond acceptors (Lipinski definition) is 2. The fourth-order valence-electron chi connectivity index (χ4n) is 6.26. The van der Waals surface area contributed by atoms with Crippen LogP contribution in [0.5, 0.6) is 0 Å². The second kappa shape index (κ2) is 11.1. The van der Waals surface area contributed by atoms with Gasteiger partial charge >= 0.3 is 0 Å². The first-order chi connectivity index (χ1) is 21.8. The van der Waals surface area contributed by atoms with Crippen LogP contribution in [-0.4, -0.2) is 9.97 Å². The average Bonchev–Trinajstić information content (AvgIpc) is 3.11. The minimum Gasteiger partial charge on any atom is -0.228 e. The summed E-state index contributed by atoms with van der Waals surface area (Å²) in [6.07, 6.45) is 0. The molecule has 206 valence electrons. The Balaban J connectivity index is 1.36. The predicted molar refractivity (Wildman–Crippen MR) is 184 cm³/mol. The standard InChI is InChI=1S/C42H28N2/c1-4-15-29(16-5-1)38-28-39(44-42(43-38)31-19-8-3-9-20-31)32-21-14-22-33(27-32)41-36-25-12-10-23-34(36)40(30-17-6-2-7-18-30)35-24-11-13-26-37(35)41/h1-28H. The van der Waals surface area contributed by atoms with Crippen LogP contribution in [-0.2, 0) is 0 Å². The highest BCUT2D eigenvalue weighted by molar-refractivity contribution is 6.21. The molecular weight excluding hydrogens is 532 g/mol. The monoisotopic (exact) mass is 560 g/mol. The molecule has 0 N–H and O–H groups in total. The summed E-state index contributed by atoms with van der Waals surface area (Å²) in [5, 5.41) is 4.97. The van der Waals surface area contributed by atoms with Gasteiger partial charge in [0.15, 0.2) is 5.82 Å². The highest BCUT2D eigenvalue weighted by Gasteiger charge is 2.17. The molecule has 0 aliphatic heterocycles. The molecule has 0 amide bonds. The van der Waals surface area contributed by atoms with E-state index >= 15 is 0 Å². The van der Waals surface area contributed by atoms with Crippen molar-refractivity contribution in [2.45, 2.75) is 0 Å². The Kier molecular flexibility index (Phi) is 6.51. The van der Waals surface area contributed by atoms with Gasteiger partial charge in [0.05, 0.1) is 11.4 Å². The molecule has 0 radical (unpaired) electrons. The molecule has 1 heterocycles. The molecule has 44 heavy (non-hydrogen) atoms. The summed E-state index contributed by atoms with van der Waals surface area (Å²) in [4.78, 5) is 10.1. The lowest BCUT2D eigenvalue weighted by molar-refractivity contribution is 1.18. The molecule has 0 bridgehead atoms. The summed E-state index contributed by atoms with van der Waals surface area (Å²) < 4.78 is 0. The Hall–Kier alpha value is -5.86. The Labute approximate surface area is 257 Å². The number of aromatic nitrogens is 2. The van der Waals surface area contributed by atoms with Crippen LogP contribution in [0.25, 0.3) is 77.7 Å². The van der Waals surface area contributed by atoms with Gasteiger partial charge in [-0.1, -0.05) is 158 Å². The normalized spacial score (nSPS) is 11.2. The largest absolute Gasteiger partial charge is 0.228 e. The first-order valence-electron chi connectivity index (χ1n) is 14.9. The molecule has 2 nitrogen and oxygen atoms in total. The molecule has 1 aromatic heterocycles. The van der Waals surface area contributed by atoms with Gasteiger partial charge in [-0.15, -0.1) is 0 Å². The van der Waals surface area contributed by atoms with Crippen LogP contribution in [0.3, 0.4) is 0 Å². The fraction of sp³-hybridized carbons (Fsp3) is 0. The van der Waals surface area contributed by atoms with Crippen molar-refractivity contribution in [2.24, 2.45) is 0 Å². The quantitative estimate of drug-likeness (QED) is 0.196. The summed E-state index contributed by atoms with van der Waals surface area (Å²) in [5.41, 5.74) is 9.82. The number of benzene rings is 7. The summed E-state index contributed by atoms with van der Waals surface area (Å²) >= 11 is 0. The minimum atomic E-state index is 0.718. The van der Waals surface area contributed by atoms with Crippen molar-refractivity contribution in [3.8, 4) is 56.2 Å². The molecule has 0 unspecified atom stereocenters.